The fraction of sp³-hybridized carbons (Fsp3) is 0.400. The number of rotatable bonds is 7. The lowest BCUT2D eigenvalue weighted by atomic mass is 10.00. The van der Waals surface area contributed by atoms with Gasteiger partial charge in [0.2, 0.25) is 0 Å². The van der Waals surface area contributed by atoms with Gasteiger partial charge in [0, 0.05) is 18.7 Å². The molecular weight excluding hydrogens is 424 g/mol. The second kappa shape index (κ2) is 11.0. The summed E-state index contributed by atoms with van der Waals surface area (Å²) in [6.07, 6.45) is -1.38. The number of esters is 1. The van der Waals surface area contributed by atoms with Crippen LogP contribution in [-0.4, -0.2) is 54.3 Å². The van der Waals surface area contributed by atoms with Crippen LogP contribution in [0, 0.1) is 0 Å². The normalized spacial score (nSPS) is 19.7. The van der Waals surface area contributed by atoms with E-state index in [-0.39, 0.29) is 0 Å². The monoisotopic (exact) mass is 454 g/mol. The van der Waals surface area contributed by atoms with Gasteiger partial charge in [-0.25, -0.2) is 9.59 Å². The maximum atomic E-state index is 12.7. The van der Waals surface area contributed by atoms with Gasteiger partial charge in [0.1, 0.15) is 11.7 Å². The van der Waals surface area contributed by atoms with Gasteiger partial charge < -0.3 is 19.5 Å². The van der Waals surface area contributed by atoms with Gasteiger partial charge in [-0.2, -0.15) is 0 Å². The van der Waals surface area contributed by atoms with Gasteiger partial charge in [0.25, 0.3) is 6.47 Å². The van der Waals surface area contributed by atoms with Crippen LogP contribution in [0.5, 0.6) is 0 Å². The van der Waals surface area contributed by atoms with E-state index in [0.29, 0.717) is 31.5 Å². The molecule has 1 fully saturated rings. The van der Waals surface area contributed by atoms with Crippen molar-refractivity contribution >= 4 is 18.5 Å². The summed E-state index contributed by atoms with van der Waals surface area (Å²) in [6.45, 7) is 6.52. The molecule has 0 aromatic heterocycles. The highest BCUT2D eigenvalue weighted by molar-refractivity contribution is 5.89. The molecule has 1 amide bonds. The molecule has 8 nitrogen and oxygen atoms in total. The summed E-state index contributed by atoms with van der Waals surface area (Å²) in [7, 11) is 0. The quantitative estimate of drug-likeness (QED) is 0.387. The average Bonchev–Trinajstić information content (AvgIpc) is 2.78. The summed E-state index contributed by atoms with van der Waals surface area (Å²) < 4.78 is 16.6. The Kier molecular flexibility index (Phi) is 8.06. The topological polar surface area (TPSA) is 94.2 Å². The second-order valence-electron chi connectivity index (χ2n) is 8.84. The molecule has 1 aliphatic rings. The molecule has 0 bridgehead atoms. The number of likely N-dealkylation sites (tertiary alicyclic amines) is 1. The highest BCUT2D eigenvalue weighted by Gasteiger charge is 2.37. The number of alkyl carbamates (subject to hydrolysis) is 1. The van der Waals surface area contributed by atoms with E-state index in [1.807, 2.05) is 41.3 Å². The standard InChI is InChI=1S/C25H30N2O6/c1-25(2,3)33-24(30)26-20-16-27(22(31-17-28)18-10-6-4-7-11-18)15-14-21(20)32-23(29)19-12-8-5-9-13-19/h4-13,17,20-22H,14-16H2,1-3H3,(H,26,30). The highest BCUT2D eigenvalue weighted by Crippen LogP contribution is 2.27. The van der Waals surface area contributed by atoms with E-state index in [1.54, 1.807) is 45.0 Å². The van der Waals surface area contributed by atoms with E-state index in [1.165, 1.54) is 0 Å². The minimum Gasteiger partial charge on any atom is -0.456 e. The molecule has 1 N–H and O–H groups in total. The number of benzene rings is 2. The highest BCUT2D eigenvalue weighted by atomic mass is 16.6. The van der Waals surface area contributed by atoms with Crippen LogP contribution in [0.15, 0.2) is 60.7 Å². The summed E-state index contributed by atoms with van der Waals surface area (Å²) in [5.41, 5.74) is 0.560. The van der Waals surface area contributed by atoms with Gasteiger partial charge in [-0.1, -0.05) is 48.5 Å². The van der Waals surface area contributed by atoms with E-state index < -0.39 is 36.0 Å². The fourth-order valence-electron chi connectivity index (χ4n) is 3.73. The maximum Gasteiger partial charge on any atom is 0.408 e. The van der Waals surface area contributed by atoms with Crippen LogP contribution < -0.4 is 5.32 Å². The number of nitrogens with zero attached hydrogens (tertiary/aromatic N) is 1. The molecule has 176 valence electrons. The molecule has 33 heavy (non-hydrogen) atoms. The van der Waals surface area contributed by atoms with Gasteiger partial charge in [-0.3, -0.25) is 9.69 Å². The predicted molar refractivity (Wildman–Crippen MR) is 121 cm³/mol. The molecule has 0 saturated carbocycles. The lowest BCUT2D eigenvalue weighted by Crippen LogP contribution is -2.57. The van der Waals surface area contributed by atoms with Gasteiger partial charge in [0.15, 0.2) is 6.23 Å². The number of amides is 1. The molecule has 1 heterocycles. The lowest BCUT2D eigenvalue weighted by molar-refractivity contribution is -0.147. The van der Waals surface area contributed by atoms with E-state index in [2.05, 4.69) is 5.32 Å². The summed E-state index contributed by atoms with van der Waals surface area (Å²) in [5, 5.41) is 2.84. The third-order valence-corrected chi connectivity index (χ3v) is 5.15. The maximum absolute atomic E-state index is 12.7. The van der Waals surface area contributed by atoms with Gasteiger partial charge in [0.05, 0.1) is 11.6 Å². The van der Waals surface area contributed by atoms with Crippen LogP contribution in [0.25, 0.3) is 0 Å². The number of hydrogen-bond acceptors (Lipinski definition) is 7. The van der Waals surface area contributed by atoms with Crippen molar-refractivity contribution in [1.29, 1.82) is 0 Å². The predicted octanol–water partition coefficient (Wildman–Crippen LogP) is 3.68. The molecule has 3 rings (SSSR count). The van der Waals surface area contributed by atoms with Crippen molar-refractivity contribution in [2.75, 3.05) is 13.1 Å². The van der Waals surface area contributed by atoms with E-state index in [4.69, 9.17) is 14.2 Å². The first kappa shape index (κ1) is 24.3. The molecule has 3 atom stereocenters. The summed E-state index contributed by atoms with van der Waals surface area (Å²) in [5.74, 6) is -0.464. The molecule has 8 heteroatoms. The van der Waals surface area contributed by atoms with Crippen LogP contribution in [0.4, 0.5) is 4.79 Å². The number of hydrogen-bond donors (Lipinski definition) is 1. The Morgan fingerprint density at radius 3 is 2.30 bits per heavy atom. The molecule has 2 aromatic rings. The Labute approximate surface area is 193 Å². The fourth-order valence-corrected chi connectivity index (χ4v) is 3.73. The minimum atomic E-state index is -0.679. The number of nitrogens with one attached hydrogen (secondary N) is 1. The van der Waals surface area contributed by atoms with Crippen LogP contribution in [-0.2, 0) is 19.0 Å². The largest absolute Gasteiger partial charge is 0.456 e. The van der Waals surface area contributed by atoms with Crippen molar-refractivity contribution in [3.63, 3.8) is 0 Å². The molecule has 1 aliphatic heterocycles. The molecule has 1 saturated heterocycles. The Balaban J connectivity index is 1.78. The molecule has 0 spiro atoms. The molecule has 3 unspecified atom stereocenters. The summed E-state index contributed by atoms with van der Waals surface area (Å²) in [4.78, 5) is 38.3. The first-order valence-electron chi connectivity index (χ1n) is 10.9. The number of carbonyl (C=O) groups is 3. The lowest BCUT2D eigenvalue weighted by Gasteiger charge is -2.41. The molecule has 2 aromatic carbocycles. The zero-order valence-corrected chi connectivity index (χ0v) is 19.1. The Morgan fingerprint density at radius 2 is 1.70 bits per heavy atom. The van der Waals surface area contributed by atoms with Crippen molar-refractivity contribution in [1.82, 2.24) is 10.2 Å². The number of ether oxygens (including phenoxy) is 3. The molecule has 0 radical (unpaired) electrons. The van der Waals surface area contributed by atoms with Crippen molar-refractivity contribution in [2.45, 2.75) is 51.2 Å². The Hall–Kier alpha value is -3.39. The first-order chi connectivity index (χ1) is 15.8. The van der Waals surface area contributed by atoms with Crippen molar-refractivity contribution < 1.29 is 28.6 Å². The van der Waals surface area contributed by atoms with Gasteiger partial charge in [-0.15, -0.1) is 0 Å². The smallest absolute Gasteiger partial charge is 0.408 e. The minimum absolute atomic E-state index is 0.291. The van der Waals surface area contributed by atoms with Crippen LogP contribution >= 0.6 is 0 Å². The SMILES string of the molecule is CC(C)(C)OC(=O)NC1CN(C(OC=O)c2ccccc2)CCC1OC(=O)c1ccccc1. The molecular formula is C25H30N2O6. The third-order valence-electron chi connectivity index (χ3n) is 5.15. The Morgan fingerprint density at radius 1 is 1.06 bits per heavy atom. The van der Waals surface area contributed by atoms with Crippen molar-refractivity contribution in [2.24, 2.45) is 0 Å². The molecule has 0 aliphatic carbocycles. The number of carbonyl (C=O) groups excluding carboxylic acids is 3. The average molecular weight is 455 g/mol. The summed E-state index contributed by atoms with van der Waals surface area (Å²) in [6, 6.07) is 17.5. The van der Waals surface area contributed by atoms with Crippen LogP contribution in [0.3, 0.4) is 0 Å². The number of piperidine rings is 1. The van der Waals surface area contributed by atoms with Gasteiger partial charge >= 0.3 is 12.1 Å². The Bertz CT molecular complexity index is 929. The zero-order valence-electron chi connectivity index (χ0n) is 19.1. The zero-order chi connectivity index (χ0) is 23.8. The second-order valence-corrected chi connectivity index (χ2v) is 8.84. The summed E-state index contributed by atoms with van der Waals surface area (Å²) >= 11 is 0. The van der Waals surface area contributed by atoms with Crippen molar-refractivity contribution in [3.05, 3.63) is 71.8 Å². The van der Waals surface area contributed by atoms with E-state index in [9.17, 15) is 14.4 Å². The van der Waals surface area contributed by atoms with Crippen LogP contribution in [0.1, 0.15) is 49.3 Å². The van der Waals surface area contributed by atoms with Crippen LogP contribution in [0.2, 0.25) is 0 Å². The van der Waals surface area contributed by atoms with Crippen molar-refractivity contribution in [3.8, 4) is 0 Å². The van der Waals surface area contributed by atoms with E-state index in [0.717, 1.165) is 5.56 Å². The third kappa shape index (κ3) is 7.05. The van der Waals surface area contributed by atoms with E-state index >= 15 is 0 Å². The first-order valence-corrected chi connectivity index (χ1v) is 10.9. The van der Waals surface area contributed by atoms with Gasteiger partial charge in [-0.05, 0) is 39.3 Å².